The Balaban J connectivity index is 1.99. The van der Waals surface area contributed by atoms with E-state index in [9.17, 15) is 0 Å². The van der Waals surface area contributed by atoms with E-state index >= 15 is 0 Å². The van der Waals surface area contributed by atoms with E-state index in [1.165, 1.54) is 5.56 Å². The minimum Gasteiger partial charge on any atom is -0.478 e. The number of ether oxygens (including phenoxy) is 1. The number of nitrogens with one attached hydrogen (secondary N) is 1. The molecule has 3 rings (SSSR count). The van der Waals surface area contributed by atoms with Crippen molar-refractivity contribution in [3.05, 3.63) is 54.0 Å². The second kappa shape index (κ2) is 6.60. The van der Waals surface area contributed by atoms with E-state index in [1.54, 1.807) is 6.20 Å². The zero-order valence-corrected chi connectivity index (χ0v) is 13.6. The van der Waals surface area contributed by atoms with Gasteiger partial charge in [-0.2, -0.15) is 0 Å². The Morgan fingerprint density at radius 3 is 2.70 bits per heavy atom. The van der Waals surface area contributed by atoms with Gasteiger partial charge in [-0.15, -0.1) is 0 Å². The van der Waals surface area contributed by atoms with Crippen LogP contribution in [0, 0.1) is 6.92 Å². The molecular formula is C18H20N4O. The molecule has 0 bridgehead atoms. The smallest absolute Gasteiger partial charge is 0.214 e. The van der Waals surface area contributed by atoms with Crippen molar-refractivity contribution >= 4 is 16.7 Å². The Bertz CT molecular complexity index is 805. The van der Waals surface area contributed by atoms with Gasteiger partial charge < -0.3 is 10.1 Å². The summed E-state index contributed by atoms with van der Waals surface area (Å²) >= 11 is 0. The summed E-state index contributed by atoms with van der Waals surface area (Å²) in [6.07, 6.45) is 1.73. The molecule has 0 unspecified atom stereocenters. The predicted octanol–water partition coefficient (Wildman–Crippen LogP) is 3.91. The predicted molar refractivity (Wildman–Crippen MR) is 91.7 cm³/mol. The monoisotopic (exact) mass is 308 g/mol. The number of fused-ring (bicyclic) bond motifs is 1. The van der Waals surface area contributed by atoms with Crippen molar-refractivity contribution in [3.63, 3.8) is 0 Å². The Labute approximate surface area is 135 Å². The maximum Gasteiger partial charge on any atom is 0.214 e. The Morgan fingerprint density at radius 1 is 1.17 bits per heavy atom. The van der Waals surface area contributed by atoms with Gasteiger partial charge >= 0.3 is 0 Å². The normalized spacial score (nSPS) is 12.1. The SMILES string of the molecule is CCOc1cc2c(N[C@H](C)c3ccccc3)nc(C)nc2cn1. The van der Waals surface area contributed by atoms with Gasteiger partial charge in [0.25, 0.3) is 0 Å². The van der Waals surface area contributed by atoms with Crippen molar-refractivity contribution in [3.8, 4) is 5.88 Å². The lowest BCUT2D eigenvalue weighted by molar-refractivity contribution is 0.327. The lowest BCUT2D eigenvalue weighted by Crippen LogP contribution is -2.09. The Morgan fingerprint density at radius 2 is 1.96 bits per heavy atom. The highest BCUT2D eigenvalue weighted by atomic mass is 16.5. The van der Waals surface area contributed by atoms with E-state index in [-0.39, 0.29) is 6.04 Å². The van der Waals surface area contributed by atoms with E-state index in [0.29, 0.717) is 18.3 Å². The molecule has 1 atom stereocenters. The van der Waals surface area contributed by atoms with E-state index in [4.69, 9.17) is 4.74 Å². The zero-order valence-electron chi connectivity index (χ0n) is 13.6. The lowest BCUT2D eigenvalue weighted by Gasteiger charge is -2.17. The van der Waals surface area contributed by atoms with Crippen LogP contribution >= 0.6 is 0 Å². The van der Waals surface area contributed by atoms with Crippen LogP contribution < -0.4 is 10.1 Å². The van der Waals surface area contributed by atoms with Crippen LogP contribution in [0.15, 0.2) is 42.6 Å². The number of nitrogens with zero attached hydrogens (tertiary/aromatic N) is 3. The summed E-state index contributed by atoms with van der Waals surface area (Å²) in [7, 11) is 0. The van der Waals surface area contributed by atoms with Crippen molar-refractivity contribution in [1.82, 2.24) is 15.0 Å². The van der Waals surface area contributed by atoms with Gasteiger partial charge in [0, 0.05) is 17.5 Å². The van der Waals surface area contributed by atoms with Gasteiger partial charge in [0.1, 0.15) is 11.6 Å². The number of hydrogen-bond donors (Lipinski definition) is 1. The number of aryl methyl sites for hydroxylation is 1. The fraction of sp³-hybridized carbons (Fsp3) is 0.278. The van der Waals surface area contributed by atoms with Crippen LogP contribution in [-0.2, 0) is 0 Å². The first kappa shape index (κ1) is 15.2. The second-order valence-corrected chi connectivity index (χ2v) is 5.37. The maximum atomic E-state index is 5.49. The van der Waals surface area contributed by atoms with Crippen LogP contribution in [0.5, 0.6) is 5.88 Å². The summed E-state index contributed by atoms with van der Waals surface area (Å²) in [5.41, 5.74) is 2.01. The molecular weight excluding hydrogens is 288 g/mol. The molecule has 0 amide bonds. The van der Waals surface area contributed by atoms with Gasteiger partial charge in [-0.1, -0.05) is 30.3 Å². The molecule has 0 aliphatic carbocycles. The number of hydrogen-bond acceptors (Lipinski definition) is 5. The first-order valence-corrected chi connectivity index (χ1v) is 7.76. The highest BCUT2D eigenvalue weighted by Gasteiger charge is 2.12. The van der Waals surface area contributed by atoms with Gasteiger partial charge in [0.2, 0.25) is 5.88 Å². The third kappa shape index (κ3) is 3.39. The summed E-state index contributed by atoms with van der Waals surface area (Å²) in [6, 6.07) is 12.3. The van der Waals surface area contributed by atoms with Crippen LogP contribution in [0.1, 0.15) is 31.3 Å². The molecule has 2 aromatic heterocycles. The number of rotatable bonds is 5. The molecule has 0 aliphatic heterocycles. The lowest BCUT2D eigenvalue weighted by atomic mass is 10.1. The molecule has 0 spiro atoms. The number of benzene rings is 1. The Kier molecular flexibility index (Phi) is 4.37. The molecule has 0 fully saturated rings. The van der Waals surface area contributed by atoms with Crippen molar-refractivity contribution < 1.29 is 4.74 Å². The molecule has 5 nitrogen and oxygen atoms in total. The fourth-order valence-corrected chi connectivity index (χ4v) is 2.50. The Hall–Kier alpha value is -2.69. The average Bonchev–Trinajstić information content (AvgIpc) is 2.56. The third-order valence-corrected chi connectivity index (χ3v) is 3.61. The van der Waals surface area contributed by atoms with Gasteiger partial charge in [-0.05, 0) is 26.3 Å². The number of pyridine rings is 1. The van der Waals surface area contributed by atoms with Gasteiger partial charge in [0.15, 0.2) is 0 Å². The molecule has 1 N–H and O–H groups in total. The molecule has 118 valence electrons. The van der Waals surface area contributed by atoms with Crippen LogP contribution in [-0.4, -0.2) is 21.6 Å². The van der Waals surface area contributed by atoms with Crippen LogP contribution in [0.3, 0.4) is 0 Å². The van der Waals surface area contributed by atoms with E-state index in [2.05, 4.69) is 39.3 Å². The van der Waals surface area contributed by atoms with E-state index < -0.39 is 0 Å². The van der Waals surface area contributed by atoms with Gasteiger partial charge in [0.05, 0.1) is 18.3 Å². The average molecular weight is 308 g/mol. The summed E-state index contributed by atoms with van der Waals surface area (Å²) < 4.78 is 5.49. The summed E-state index contributed by atoms with van der Waals surface area (Å²) in [5, 5.41) is 4.39. The van der Waals surface area contributed by atoms with Gasteiger partial charge in [-0.25, -0.2) is 15.0 Å². The molecule has 5 heteroatoms. The van der Waals surface area contributed by atoms with E-state index in [0.717, 1.165) is 16.7 Å². The molecule has 1 aromatic carbocycles. The highest BCUT2D eigenvalue weighted by molar-refractivity contribution is 5.89. The van der Waals surface area contributed by atoms with Crippen molar-refractivity contribution in [2.24, 2.45) is 0 Å². The molecule has 0 aliphatic rings. The fourth-order valence-electron chi connectivity index (χ4n) is 2.50. The highest BCUT2D eigenvalue weighted by Crippen LogP contribution is 2.26. The van der Waals surface area contributed by atoms with Crippen molar-refractivity contribution in [1.29, 1.82) is 0 Å². The minimum absolute atomic E-state index is 0.136. The van der Waals surface area contributed by atoms with Crippen LogP contribution in [0.4, 0.5) is 5.82 Å². The third-order valence-electron chi connectivity index (χ3n) is 3.61. The summed E-state index contributed by atoms with van der Waals surface area (Å²) in [4.78, 5) is 13.3. The topological polar surface area (TPSA) is 59.9 Å². The molecule has 3 aromatic rings. The van der Waals surface area contributed by atoms with Gasteiger partial charge in [-0.3, -0.25) is 0 Å². The summed E-state index contributed by atoms with van der Waals surface area (Å²) in [5.74, 6) is 2.10. The van der Waals surface area contributed by atoms with Crippen LogP contribution in [0.25, 0.3) is 10.9 Å². The molecule has 0 radical (unpaired) electrons. The minimum atomic E-state index is 0.136. The quantitative estimate of drug-likeness (QED) is 0.774. The standard InChI is InChI=1S/C18H20N4O/c1-4-23-17-10-15-16(11-19-17)21-13(3)22-18(15)20-12(2)14-8-6-5-7-9-14/h5-12H,4H2,1-3H3,(H,20,21,22)/t12-/m1/s1. The van der Waals surface area contributed by atoms with E-state index in [1.807, 2.05) is 38.1 Å². The number of aromatic nitrogens is 3. The molecule has 0 saturated heterocycles. The van der Waals surface area contributed by atoms with Crippen molar-refractivity contribution in [2.45, 2.75) is 26.8 Å². The first-order chi connectivity index (χ1) is 11.2. The zero-order chi connectivity index (χ0) is 16.2. The summed E-state index contributed by atoms with van der Waals surface area (Å²) in [6.45, 7) is 6.51. The maximum absolute atomic E-state index is 5.49. The molecule has 0 saturated carbocycles. The first-order valence-electron chi connectivity index (χ1n) is 7.76. The molecule has 23 heavy (non-hydrogen) atoms. The van der Waals surface area contributed by atoms with Crippen molar-refractivity contribution in [2.75, 3.05) is 11.9 Å². The largest absolute Gasteiger partial charge is 0.478 e. The second-order valence-electron chi connectivity index (χ2n) is 5.37. The molecule has 2 heterocycles. The van der Waals surface area contributed by atoms with Crippen LogP contribution in [0.2, 0.25) is 0 Å². The number of anilines is 1.